The van der Waals surface area contributed by atoms with E-state index in [9.17, 15) is 4.79 Å². The highest BCUT2D eigenvalue weighted by Crippen LogP contribution is 2.23. The average Bonchev–Trinajstić information content (AvgIpc) is 2.53. The monoisotopic (exact) mass is 175 g/mol. The van der Waals surface area contributed by atoms with Crippen molar-refractivity contribution in [3.63, 3.8) is 0 Å². The van der Waals surface area contributed by atoms with Gasteiger partial charge in [0.25, 0.3) is 0 Å². The molecular formula is C11H13NO. The lowest BCUT2D eigenvalue weighted by molar-refractivity contribution is -0.120. The van der Waals surface area contributed by atoms with Gasteiger partial charge < -0.3 is 5.32 Å². The van der Waals surface area contributed by atoms with E-state index in [2.05, 4.69) is 24.4 Å². The second kappa shape index (κ2) is 3.21. The van der Waals surface area contributed by atoms with Crippen LogP contribution in [0.4, 0.5) is 0 Å². The van der Waals surface area contributed by atoms with E-state index < -0.39 is 0 Å². The number of hydrogen-bond donors (Lipinski definition) is 1. The fraction of sp³-hybridized carbons (Fsp3) is 0.364. The maximum absolute atomic E-state index is 11.3. The zero-order chi connectivity index (χ0) is 9.26. The summed E-state index contributed by atoms with van der Waals surface area (Å²) in [4.78, 5) is 11.3. The summed E-state index contributed by atoms with van der Waals surface area (Å²) in [5.41, 5.74) is 2.38. The number of nitrogens with one attached hydrogen (secondary N) is 1. The third kappa shape index (κ3) is 1.57. The molecule has 1 aliphatic rings. The molecule has 0 aromatic heterocycles. The van der Waals surface area contributed by atoms with Crippen LogP contribution in [0.3, 0.4) is 0 Å². The Morgan fingerprint density at radius 3 is 2.54 bits per heavy atom. The van der Waals surface area contributed by atoms with Crippen LogP contribution in [0.15, 0.2) is 24.3 Å². The molecule has 13 heavy (non-hydrogen) atoms. The highest BCUT2D eigenvalue weighted by Gasteiger charge is 2.25. The van der Waals surface area contributed by atoms with Crippen LogP contribution in [0.1, 0.15) is 23.5 Å². The topological polar surface area (TPSA) is 29.1 Å². The second-order valence-electron chi connectivity index (χ2n) is 3.54. The van der Waals surface area contributed by atoms with Gasteiger partial charge in [0.15, 0.2) is 0 Å². The molecule has 0 spiro atoms. The molecule has 2 heteroatoms. The molecule has 1 atom stereocenters. The molecule has 1 saturated heterocycles. The van der Waals surface area contributed by atoms with Crippen molar-refractivity contribution >= 4 is 5.91 Å². The van der Waals surface area contributed by atoms with Crippen LogP contribution in [0.5, 0.6) is 0 Å². The lowest BCUT2D eigenvalue weighted by atomic mass is 9.97. The Hall–Kier alpha value is -1.31. The number of rotatable bonds is 1. The predicted octanol–water partition coefficient (Wildman–Crippen LogP) is 1.60. The predicted molar refractivity (Wildman–Crippen MR) is 51.5 cm³/mol. The molecule has 1 aromatic rings. The number of amides is 1. The first-order valence-electron chi connectivity index (χ1n) is 4.61. The number of aryl methyl sites for hydroxylation is 1. The molecule has 0 aliphatic carbocycles. The summed E-state index contributed by atoms with van der Waals surface area (Å²) < 4.78 is 0. The Morgan fingerprint density at radius 1 is 1.31 bits per heavy atom. The van der Waals surface area contributed by atoms with Crippen LogP contribution in [0.25, 0.3) is 0 Å². The summed E-state index contributed by atoms with van der Waals surface area (Å²) in [5, 5.41) is 2.84. The fourth-order valence-electron chi connectivity index (χ4n) is 1.71. The first kappa shape index (κ1) is 8.30. The Kier molecular flexibility index (Phi) is 2.05. The highest BCUT2D eigenvalue weighted by molar-refractivity contribution is 5.85. The van der Waals surface area contributed by atoms with E-state index in [1.165, 1.54) is 5.56 Å². The Balaban J connectivity index is 2.25. The zero-order valence-corrected chi connectivity index (χ0v) is 7.71. The molecule has 2 rings (SSSR count). The summed E-state index contributed by atoms with van der Waals surface area (Å²) >= 11 is 0. The Morgan fingerprint density at radius 2 is 2.00 bits per heavy atom. The molecular weight excluding hydrogens is 162 g/mol. The Labute approximate surface area is 78.0 Å². The third-order valence-corrected chi connectivity index (χ3v) is 2.53. The molecule has 1 amide bonds. The van der Waals surface area contributed by atoms with Crippen molar-refractivity contribution in [1.29, 1.82) is 0 Å². The van der Waals surface area contributed by atoms with Crippen LogP contribution in [0, 0.1) is 6.92 Å². The molecule has 0 radical (unpaired) electrons. The molecule has 1 fully saturated rings. The smallest absolute Gasteiger partial charge is 0.227 e. The summed E-state index contributed by atoms with van der Waals surface area (Å²) in [7, 11) is 0. The van der Waals surface area contributed by atoms with Crippen LogP contribution in [-0.4, -0.2) is 12.5 Å². The maximum atomic E-state index is 11.3. The molecule has 1 aliphatic heterocycles. The molecule has 1 N–H and O–H groups in total. The van der Waals surface area contributed by atoms with Gasteiger partial charge in [-0.3, -0.25) is 4.79 Å². The van der Waals surface area contributed by atoms with Gasteiger partial charge in [-0.15, -0.1) is 0 Å². The average molecular weight is 175 g/mol. The van der Waals surface area contributed by atoms with Gasteiger partial charge >= 0.3 is 0 Å². The molecule has 0 saturated carbocycles. The van der Waals surface area contributed by atoms with E-state index in [1.807, 2.05) is 12.1 Å². The van der Waals surface area contributed by atoms with Crippen LogP contribution in [0.2, 0.25) is 0 Å². The SMILES string of the molecule is Cc1ccc([C@H]2CCNC2=O)cc1. The number of carbonyl (C=O) groups excluding carboxylic acids is 1. The van der Waals surface area contributed by atoms with Crippen molar-refractivity contribution in [1.82, 2.24) is 5.32 Å². The van der Waals surface area contributed by atoms with Crippen molar-refractivity contribution < 1.29 is 4.79 Å². The first-order valence-corrected chi connectivity index (χ1v) is 4.61. The second-order valence-corrected chi connectivity index (χ2v) is 3.54. The minimum atomic E-state index is 0.0839. The van der Waals surface area contributed by atoms with Crippen LogP contribution >= 0.6 is 0 Å². The molecule has 1 heterocycles. The summed E-state index contributed by atoms with van der Waals surface area (Å²) in [6, 6.07) is 8.21. The van der Waals surface area contributed by atoms with E-state index >= 15 is 0 Å². The van der Waals surface area contributed by atoms with Gasteiger partial charge in [0.1, 0.15) is 0 Å². The van der Waals surface area contributed by atoms with Gasteiger partial charge in [0.05, 0.1) is 5.92 Å². The minimum absolute atomic E-state index is 0.0839. The normalized spacial score (nSPS) is 21.6. The first-order chi connectivity index (χ1) is 6.27. The van der Waals surface area contributed by atoms with E-state index in [4.69, 9.17) is 0 Å². The van der Waals surface area contributed by atoms with Gasteiger partial charge in [-0.05, 0) is 18.9 Å². The number of carbonyl (C=O) groups is 1. The lowest BCUT2D eigenvalue weighted by Gasteiger charge is -2.06. The third-order valence-electron chi connectivity index (χ3n) is 2.53. The summed E-state index contributed by atoms with van der Waals surface area (Å²) in [5.74, 6) is 0.254. The van der Waals surface area contributed by atoms with E-state index in [0.29, 0.717) is 0 Å². The maximum Gasteiger partial charge on any atom is 0.227 e. The number of hydrogen-bond acceptors (Lipinski definition) is 1. The molecule has 68 valence electrons. The van der Waals surface area contributed by atoms with Crippen molar-refractivity contribution in [2.45, 2.75) is 19.3 Å². The summed E-state index contributed by atoms with van der Waals surface area (Å²) in [6.07, 6.45) is 0.932. The zero-order valence-electron chi connectivity index (χ0n) is 7.71. The van der Waals surface area contributed by atoms with Gasteiger partial charge in [-0.25, -0.2) is 0 Å². The van der Waals surface area contributed by atoms with E-state index in [1.54, 1.807) is 0 Å². The molecule has 1 aromatic carbocycles. The van der Waals surface area contributed by atoms with Crippen LogP contribution in [-0.2, 0) is 4.79 Å². The molecule has 0 unspecified atom stereocenters. The quantitative estimate of drug-likeness (QED) is 0.690. The standard InChI is InChI=1S/C11H13NO/c1-8-2-4-9(5-3-8)10-6-7-12-11(10)13/h2-5,10H,6-7H2,1H3,(H,12,13)/t10-/m1/s1. The van der Waals surface area contributed by atoms with Gasteiger partial charge in [-0.1, -0.05) is 29.8 Å². The fourth-order valence-corrected chi connectivity index (χ4v) is 1.71. The van der Waals surface area contributed by atoms with Gasteiger partial charge in [-0.2, -0.15) is 0 Å². The van der Waals surface area contributed by atoms with Gasteiger partial charge in [0, 0.05) is 6.54 Å². The molecule has 2 nitrogen and oxygen atoms in total. The van der Waals surface area contributed by atoms with Gasteiger partial charge in [0.2, 0.25) is 5.91 Å². The van der Waals surface area contributed by atoms with Crippen molar-refractivity contribution in [2.24, 2.45) is 0 Å². The van der Waals surface area contributed by atoms with Crippen molar-refractivity contribution in [2.75, 3.05) is 6.54 Å². The van der Waals surface area contributed by atoms with E-state index in [-0.39, 0.29) is 11.8 Å². The van der Waals surface area contributed by atoms with Crippen LogP contribution < -0.4 is 5.32 Å². The lowest BCUT2D eigenvalue weighted by Crippen LogP contribution is -2.17. The minimum Gasteiger partial charge on any atom is -0.356 e. The van der Waals surface area contributed by atoms with E-state index in [0.717, 1.165) is 18.5 Å². The number of benzene rings is 1. The summed E-state index contributed by atoms with van der Waals surface area (Å²) in [6.45, 7) is 2.87. The van der Waals surface area contributed by atoms with Crippen molar-refractivity contribution in [3.8, 4) is 0 Å². The Bertz CT molecular complexity index is 315. The molecule has 0 bridgehead atoms. The largest absolute Gasteiger partial charge is 0.356 e. The highest BCUT2D eigenvalue weighted by atomic mass is 16.2. The van der Waals surface area contributed by atoms with Crippen molar-refractivity contribution in [3.05, 3.63) is 35.4 Å².